The summed E-state index contributed by atoms with van der Waals surface area (Å²) < 4.78 is 43.4. The highest BCUT2D eigenvalue weighted by atomic mass is 19.4. The van der Waals surface area contributed by atoms with Crippen LogP contribution in [-0.4, -0.2) is 29.9 Å². The molecule has 2 aromatic carbocycles. The summed E-state index contributed by atoms with van der Waals surface area (Å²) in [5, 5.41) is 0. The highest BCUT2D eigenvalue weighted by molar-refractivity contribution is 5.79. The molecule has 2 rings (SSSR count). The summed E-state index contributed by atoms with van der Waals surface area (Å²) in [5.74, 6) is -1.08. The van der Waals surface area contributed by atoms with Crippen LogP contribution in [0.5, 0.6) is 5.75 Å². The van der Waals surface area contributed by atoms with Gasteiger partial charge >= 0.3 is 6.18 Å². The van der Waals surface area contributed by atoms with E-state index < -0.39 is 30.2 Å². The Balaban J connectivity index is 2.03. The van der Waals surface area contributed by atoms with Gasteiger partial charge in [-0.3, -0.25) is 9.59 Å². The van der Waals surface area contributed by atoms with Crippen molar-refractivity contribution in [3.8, 4) is 5.75 Å². The molecule has 5 nitrogen and oxygen atoms in total. The zero-order valence-corrected chi connectivity index (χ0v) is 14.4. The third kappa shape index (κ3) is 6.65. The fraction of sp³-hybridized carbons (Fsp3) is 0.263. The molecule has 0 radical (unpaired) electrons. The standard InChI is InChI=1S/C19H19F3N2O3/c20-19(21,22)15-7-4-8-16(11-15)27-13-18(26)24(10-9-17(23)25)12-14-5-2-1-3-6-14/h1-8,11H,9-10,12-13H2,(H2,23,25). The molecule has 0 aromatic heterocycles. The smallest absolute Gasteiger partial charge is 0.416 e. The summed E-state index contributed by atoms with van der Waals surface area (Å²) in [6.45, 7) is -0.124. The first-order valence-electron chi connectivity index (χ1n) is 8.16. The first kappa shape index (κ1) is 20.3. The number of primary amides is 1. The molecular weight excluding hydrogens is 361 g/mol. The van der Waals surface area contributed by atoms with Crippen LogP contribution in [0, 0.1) is 0 Å². The van der Waals surface area contributed by atoms with E-state index in [1.807, 2.05) is 30.3 Å². The quantitative estimate of drug-likeness (QED) is 0.765. The molecule has 144 valence electrons. The van der Waals surface area contributed by atoms with E-state index in [4.69, 9.17) is 10.5 Å². The van der Waals surface area contributed by atoms with Gasteiger partial charge in [-0.05, 0) is 23.8 Å². The lowest BCUT2D eigenvalue weighted by atomic mass is 10.2. The highest BCUT2D eigenvalue weighted by Gasteiger charge is 2.30. The number of nitrogens with zero attached hydrogens (tertiary/aromatic N) is 1. The van der Waals surface area contributed by atoms with Gasteiger partial charge in [0.25, 0.3) is 5.91 Å². The lowest BCUT2D eigenvalue weighted by molar-refractivity contribution is -0.137. The van der Waals surface area contributed by atoms with Gasteiger partial charge in [0.05, 0.1) is 5.56 Å². The second-order valence-electron chi connectivity index (χ2n) is 5.83. The summed E-state index contributed by atoms with van der Waals surface area (Å²) in [7, 11) is 0. The normalized spacial score (nSPS) is 11.1. The highest BCUT2D eigenvalue weighted by Crippen LogP contribution is 2.31. The summed E-state index contributed by atoms with van der Waals surface area (Å²) in [6.07, 6.45) is -4.52. The van der Waals surface area contributed by atoms with Gasteiger partial charge in [-0.2, -0.15) is 13.2 Å². The average Bonchev–Trinajstić information content (AvgIpc) is 2.63. The van der Waals surface area contributed by atoms with E-state index in [-0.39, 0.29) is 25.3 Å². The molecular formula is C19H19F3N2O3. The molecule has 0 saturated heterocycles. The fourth-order valence-corrected chi connectivity index (χ4v) is 2.34. The molecule has 0 aliphatic rings. The maximum absolute atomic E-state index is 12.7. The van der Waals surface area contributed by atoms with Crippen LogP contribution < -0.4 is 10.5 Å². The average molecular weight is 380 g/mol. The number of carbonyl (C=O) groups excluding carboxylic acids is 2. The first-order valence-corrected chi connectivity index (χ1v) is 8.16. The van der Waals surface area contributed by atoms with Gasteiger partial charge in [0, 0.05) is 19.5 Å². The SMILES string of the molecule is NC(=O)CCN(Cc1ccccc1)C(=O)COc1cccc(C(F)(F)F)c1. The lowest BCUT2D eigenvalue weighted by Crippen LogP contribution is -2.36. The van der Waals surface area contributed by atoms with Crippen molar-refractivity contribution < 1.29 is 27.5 Å². The van der Waals surface area contributed by atoms with E-state index in [0.29, 0.717) is 0 Å². The van der Waals surface area contributed by atoms with E-state index in [0.717, 1.165) is 17.7 Å². The Hall–Kier alpha value is -3.03. The van der Waals surface area contributed by atoms with Crippen LogP contribution in [0.3, 0.4) is 0 Å². The Bertz CT molecular complexity index is 779. The molecule has 0 fully saturated rings. The first-order chi connectivity index (χ1) is 12.8. The molecule has 8 heteroatoms. The van der Waals surface area contributed by atoms with E-state index in [1.54, 1.807) is 0 Å². The molecule has 0 aliphatic carbocycles. The lowest BCUT2D eigenvalue weighted by Gasteiger charge is -2.22. The molecule has 0 saturated carbocycles. The van der Waals surface area contributed by atoms with Crippen molar-refractivity contribution in [2.24, 2.45) is 5.73 Å². The van der Waals surface area contributed by atoms with Crippen molar-refractivity contribution in [2.75, 3.05) is 13.2 Å². The Morgan fingerprint density at radius 1 is 1.04 bits per heavy atom. The molecule has 0 spiro atoms. The Morgan fingerprint density at radius 2 is 1.74 bits per heavy atom. The van der Waals surface area contributed by atoms with Crippen LogP contribution in [0.1, 0.15) is 17.5 Å². The van der Waals surface area contributed by atoms with Crippen LogP contribution in [-0.2, 0) is 22.3 Å². The van der Waals surface area contributed by atoms with Crippen molar-refractivity contribution in [1.82, 2.24) is 4.90 Å². The number of nitrogens with two attached hydrogens (primary N) is 1. The van der Waals surface area contributed by atoms with Crippen molar-refractivity contribution >= 4 is 11.8 Å². The third-order valence-electron chi connectivity index (χ3n) is 3.72. The molecule has 0 unspecified atom stereocenters. The zero-order valence-electron chi connectivity index (χ0n) is 14.4. The molecule has 27 heavy (non-hydrogen) atoms. The van der Waals surface area contributed by atoms with E-state index in [9.17, 15) is 22.8 Å². The van der Waals surface area contributed by atoms with Crippen molar-refractivity contribution in [3.63, 3.8) is 0 Å². The molecule has 2 aromatic rings. The molecule has 0 heterocycles. The minimum Gasteiger partial charge on any atom is -0.484 e. The minimum absolute atomic E-state index is 0.0257. The van der Waals surface area contributed by atoms with Gasteiger partial charge in [-0.15, -0.1) is 0 Å². The number of rotatable bonds is 8. The van der Waals surface area contributed by atoms with Crippen LogP contribution in [0.25, 0.3) is 0 Å². The zero-order chi connectivity index (χ0) is 19.9. The monoisotopic (exact) mass is 380 g/mol. The van der Waals surface area contributed by atoms with Gasteiger partial charge in [0.1, 0.15) is 5.75 Å². The number of ether oxygens (including phenoxy) is 1. The Labute approximate surface area is 154 Å². The van der Waals surface area contributed by atoms with Crippen molar-refractivity contribution in [1.29, 1.82) is 0 Å². The minimum atomic E-state index is -4.50. The summed E-state index contributed by atoms with van der Waals surface area (Å²) in [4.78, 5) is 24.9. The maximum Gasteiger partial charge on any atom is 0.416 e. The van der Waals surface area contributed by atoms with E-state index in [2.05, 4.69) is 0 Å². The molecule has 0 atom stereocenters. The van der Waals surface area contributed by atoms with Crippen LogP contribution in [0.2, 0.25) is 0 Å². The number of halogens is 3. The van der Waals surface area contributed by atoms with Crippen LogP contribution in [0.4, 0.5) is 13.2 Å². The number of hydrogen-bond donors (Lipinski definition) is 1. The number of benzene rings is 2. The van der Waals surface area contributed by atoms with E-state index in [1.165, 1.54) is 17.0 Å². The predicted molar refractivity (Wildman–Crippen MR) is 92.6 cm³/mol. The largest absolute Gasteiger partial charge is 0.484 e. The molecule has 2 amide bonds. The molecule has 0 aliphatic heterocycles. The number of carbonyl (C=O) groups is 2. The third-order valence-corrected chi connectivity index (χ3v) is 3.72. The number of amides is 2. The Kier molecular flexibility index (Phi) is 6.81. The molecule has 0 bridgehead atoms. The van der Waals surface area contributed by atoms with Gasteiger partial charge in [0.2, 0.25) is 5.91 Å². The molecule has 2 N–H and O–H groups in total. The summed E-state index contributed by atoms with van der Waals surface area (Å²) in [6, 6.07) is 13.4. The number of hydrogen-bond acceptors (Lipinski definition) is 3. The topological polar surface area (TPSA) is 72.6 Å². The van der Waals surface area contributed by atoms with Gasteiger partial charge in [-0.1, -0.05) is 36.4 Å². The summed E-state index contributed by atoms with van der Waals surface area (Å²) in [5.41, 5.74) is 5.13. The second kappa shape index (κ2) is 9.07. The Morgan fingerprint density at radius 3 is 2.37 bits per heavy atom. The van der Waals surface area contributed by atoms with Crippen molar-refractivity contribution in [3.05, 3.63) is 65.7 Å². The fourth-order valence-electron chi connectivity index (χ4n) is 2.34. The van der Waals surface area contributed by atoms with Gasteiger partial charge in [-0.25, -0.2) is 0 Å². The number of alkyl halides is 3. The maximum atomic E-state index is 12.7. The van der Waals surface area contributed by atoms with Gasteiger partial charge in [0.15, 0.2) is 6.61 Å². The van der Waals surface area contributed by atoms with Crippen molar-refractivity contribution in [2.45, 2.75) is 19.1 Å². The van der Waals surface area contributed by atoms with Crippen LogP contribution in [0.15, 0.2) is 54.6 Å². The summed E-state index contributed by atoms with van der Waals surface area (Å²) >= 11 is 0. The van der Waals surface area contributed by atoms with Gasteiger partial charge < -0.3 is 15.4 Å². The van der Waals surface area contributed by atoms with E-state index >= 15 is 0 Å². The second-order valence-corrected chi connectivity index (χ2v) is 5.83. The predicted octanol–water partition coefficient (Wildman–Crippen LogP) is 2.99. The van der Waals surface area contributed by atoms with Crippen LogP contribution >= 0.6 is 0 Å².